The monoisotopic (exact) mass is 339 g/mol. The van der Waals surface area contributed by atoms with Crippen molar-refractivity contribution in [3.05, 3.63) is 60.2 Å². The molecule has 0 unspecified atom stereocenters. The summed E-state index contributed by atoms with van der Waals surface area (Å²) in [5, 5.41) is 9.63. The lowest BCUT2D eigenvalue weighted by Gasteiger charge is -2.08. The summed E-state index contributed by atoms with van der Waals surface area (Å²) in [5.74, 6) is 2.67. The Labute approximate surface area is 146 Å². The third-order valence-corrected chi connectivity index (χ3v) is 4.57. The molecule has 0 saturated carbocycles. The summed E-state index contributed by atoms with van der Waals surface area (Å²) in [6, 6.07) is 18.3. The van der Waals surface area contributed by atoms with Crippen molar-refractivity contribution in [1.82, 2.24) is 14.8 Å². The lowest BCUT2D eigenvalue weighted by molar-refractivity contribution is 0.343. The van der Waals surface area contributed by atoms with E-state index in [0.717, 1.165) is 34.6 Å². The van der Waals surface area contributed by atoms with Crippen LogP contribution in [0.5, 0.6) is 5.75 Å². The second kappa shape index (κ2) is 8.02. The number of hydrogen-bond donors (Lipinski definition) is 0. The second-order valence-corrected chi connectivity index (χ2v) is 6.49. The molecule has 0 aliphatic carbocycles. The van der Waals surface area contributed by atoms with Gasteiger partial charge in [-0.2, -0.15) is 0 Å². The Kier molecular flexibility index (Phi) is 5.54. The lowest BCUT2D eigenvalue weighted by atomic mass is 10.2. The van der Waals surface area contributed by atoms with E-state index in [1.54, 1.807) is 11.8 Å². The normalized spacial score (nSPS) is 10.8. The number of ether oxygens (including phenoxy) is 1. The summed E-state index contributed by atoms with van der Waals surface area (Å²) in [4.78, 5) is 0. The Morgan fingerprint density at radius 3 is 2.62 bits per heavy atom. The number of aromatic nitrogens is 3. The van der Waals surface area contributed by atoms with Crippen LogP contribution in [0, 0.1) is 6.92 Å². The van der Waals surface area contributed by atoms with Gasteiger partial charge in [0.15, 0.2) is 11.0 Å². The molecule has 4 nitrogen and oxygen atoms in total. The van der Waals surface area contributed by atoms with Gasteiger partial charge in [0.2, 0.25) is 0 Å². The van der Waals surface area contributed by atoms with Gasteiger partial charge in [-0.05, 0) is 31.5 Å². The maximum Gasteiger partial charge on any atom is 0.191 e. The highest BCUT2D eigenvalue weighted by Gasteiger charge is 2.12. The summed E-state index contributed by atoms with van der Waals surface area (Å²) in [6.07, 6.45) is 0. The van der Waals surface area contributed by atoms with E-state index >= 15 is 0 Å². The number of rotatable bonds is 7. The predicted octanol–water partition coefficient (Wildman–Crippen LogP) is 4.44. The molecule has 0 saturated heterocycles. The fourth-order valence-electron chi connectivity index (χ4n) is 2.48. The third-order valence-electron chi connectivity index (χ3n) is 3.64. The van der Waals surface area contributed by atoms with Crippen molar-refractivity contribution in [3.63, 3.8) is 0 Å². The molecule has 2 aromatic carbocycles. The topological polar surface area (TPSA) is 39.9 Å². The van der Waals surface area contributed by atoms with Crippen LogP contribution in [0.1, 0.15) is 12.5 Å². The molecule has 0 fully saturated rings. The van der Waals surface area contributed by atoms with Gasteiger partial charge in [0, 0.05) is 17.9 Å². The van der Waals surface area contributed by atoms with Crippen LogP contribution in [-0.2, 0) is 6.54 Å². The first-order valence-corrected chi connectivity index (χ1v) is 9.07. The summed E-state index contributed by atoms with van der Waals surface area (Å²) in [5.41, 5.74) is 2.30. The highest BCUT2D eigenvalue weighted by molar-refractivity contribution is 7.99. The van der Waals surface area contributed by atoms with Crippen molar-refractivity contribution in [2.45, 2.75) is 25.5 Å². The minimum atomic E-state index is 0.644. The summed E-state index contributed by atoms with van der Waals surface area (Å²) >= 11 is 1.67. The van der Waals surface area contributed by atoms with E-state index in [4.69, 9.17) is 4.74 Å². The molecule has 0 spiro atoms. The van der Waals surface area contributed by atoms with E-state index in [9.17, 15) is 0 Å². The molecule has 0 bridgehead atoms. The Morgan fingerprint density at radius 2 is 1.88 bits per heavy atom. The minimum absolute atomic E-state index is 0.644. The van der Waals surface area contributed by atoms with Crippen molar-refractivity contribution in [1.29, 1.82) is 0 Å². The zero-order valence-corrected chi connectivity index (χ0v) is 14.8. The number of hydrogen-bond acceptors (Lipinski definition) is 4. The number of thioether (sulfide) groups is 1. The molecule has 0 amide bonds. The number of benzene rings is 2. The van der Waals surface area contributed by atoms with Gasteiger partial charge in [-0.15, -0.1) is 10.2 Å². The summed E-state index contributed by atoms with van der Waals surface area (Å²) < 4.78 is 7.94. The standard InChI is InChI=1S/C19H21N3OS/c1-3-22-18(16-9-5-4-6-10-16)20-21-19(22)24-13-12-23-17-11-7-8-15(2)14-17/h4-11,14H,3,12-13H2,1-2H3. The second-order valence-electron chi connectivity index (χ2n) is 5.43. The first-order chi connectivity index (χ1) is 11.8. The molecule has 1 aromatic heterocycles. The van der Waals surface area contributed by atoms with Crippen molar-refractivity contribution in [2.75, 3.05) is 12.4 Å². The maximum atomic E-state index is 5.80. The molecule has 24 heavy (non-hydrogen) atoms. The van der Waals surface area contributed by atoms with E-state index in [-0.39, 0.29) is 0 Å². The van der Waals surface area contributed by atoms with Crippen LogP contribution in [0.2, 0.25) is 0 Å². The van der Waals surface area contributed by atoms with Crippen molar-refractivity contribution in [2.24, 2.45) is 0 Å². The van der Waals surface area contributed by atoms with Crippen LogP contribution in [-0.4, -0.2) is 27.1 Å². The molecule has 5 heteroatoms. The molecule has 3 rings (SSSR count). The molecule has 0 atom stereocenters. The van der Waals surface area contributed by atoms with Crippen LogP contribution in [0.3, 0.4) is 0 Å². The molecular formula is C19H21N3OS. The van der Waals surface area contributed by atoms with Crippen LogP contribution in [0.25, 0.3) is 11.4 Å². The Morgan fingerprint density at radius 1 is 1.04 bits per heavy atom. The van der Waals surface area contributed by atoms with Crippen LogP contribution in [0.15, 0.2) is 59.8 Å². The Hall–Kier alpha value is -2.27. The van der Waals surface area contributed by atoms with E-state index in [1.165, 1.54) is 5.56 Å². The summed E-state index contributed by atoms with van der Waals surface area (Å²) in [6.45, 7) is 5.67. The van der Waals surface area contributed by atoms with E-state index in [0.29, 0.717) is 6.61 Å². The zero-order valence-electron chi connectivity index (χ0n) is 14.0. The van der Waals surface area contributed by atoms with Crippen LogP contribution in [0.4, 0.5) is 0 Å². The van der Waals surface area contributed by atoms with Gasteiger partial charge in [0.25, 0.3) is 0 Å². The lowest BCUT2D eigenvalue weighted by Crippen LogP contribution is -2.03. The van der Waals surface area contributed by atoms with Crippen molar-refractivity contribution < 1.29 is 4.74 Å². The third kappa shape index (κ3) is 3.97. The number of nitrogens with zero attached hydrogens (tertiary/aromatic N) is 3. The zero-order chi connectivity index (χ0) is 16.8. The van der Waals surface area contributed by atoms with E-state index in [2.05, 4.69) is 46.8 Å². The fourth-order valence-corrected chi connectivity index (χ4v) is 3.30. The van der Waals surface area contributed by atoms with Gasteiger partial charge in [0.05, 0.1) is 6.61 Å². The van der Waals surface area contributed by atoms with Gasteiger partial charge in [-0.25, -0.2) is 0 Å². The Balaban J connectivity index is 1.60. The largest absolute Gasteiger partial charge is 0.493 e. The van der Waals surface area contributed by atoms with Gasteiger partial charge < -0.3 is 9.30 Å². The SMILES string of the molecule is CCn1c(SCCOc2cccc(C)c2)nnc1-c1ccccc1. The highest BCUT2D eigenvalue weighted by Crippen LogP contribution is 2.23. The van der Waals surface area contributed by atoms with Gasteiger partial charge >= 0.3 is 0 Å². The summed E-state index contributed by atoms with van der Waals surface area (Å²) in [7, 11) is 0. The first kappa shape index (κ1) is 16.6. The molecule has 0 N–H and O–H groups in total. The predicted molar refractivity (Wildman–Crippen MR) is 98.5 cm³/mol. The minimum Gasteiger partial charge on any atom is -0.493 e. The van der Waals surface area contributed by atoms with E-state index in [1.807, 2.05) is 36.4 Å². The van der Waals surface area contributed by atoms with Crippen LogP contribution >= 0.6 is 11.8 Å². The van der Waals surface area contributed by atoms with Gasteiger partial charge in [-0.3, -0.25) is 0 Å². The highest BCUT2D eigenvalue weighted by atomic mass is 32.2. The average Bonchev–Trinajstić information content (AvgIpc) is 3.02. The molecule has 0 aliphatic rings. The molecule has 0 radical (unpaired) electrons. The van der Waals surface area contributed by atoms with E-state index < -0.39 is 0 Å². The van der Waals surface area contributed by atoms with Crippen molar-refractivity contribution in [3.8, 4) is 17.1 Å². The smallest absolute Gasteiger partial charge is 0.191 e. The molecule has 3 aromatic rings. The fraction of sp³-hybridized carbons (Fsp3) is 0.263. The number of aryl methyl sites for hydroxylation is 1. The first-order valence-electron chi connectivity index (χ1n) is 8.09. The molecule has 124 valence electrons. The van der Waals surface area contributed by atoms with Gasteiger partial charge in [-0.1, -0.05) is 54.2 Å². The molecular weight excluding hydrogens is 318 g/mol. The van der Waals surface area contributed by atoms with Crippen molar-refractivity contribution >= 4 is 11.8 Å². The quantitative estimate of drug-likeness (QED) is 0.471. The van der Waals surface area contributed by atoms with Crippen LogP contribution < -0.4 is 4.74 Å². The van der Waals surface area contributed by atoms with Gasteiger partial charge in [0.1, 0.15) is 5.75 Å². The Bertz CT molecular complexity index is 786. The molecule has 1 heterocycles. The molecule has 0 aliphatic heterocycles. The maximum absolute atomic E-state index is 5.80. The average molecular weight is 339 g/mol.